The fourth-order valence-corrected chi connectivity index (χ4v) is 3.71. The van der Waals surface area contributed by atoms with E-state index in [0.717, 1.165) is 12.2 Å². The highest BCUT2D eigenvalue weighted by Gasteiger charge is 2.44. The largest absolute Gasteiger partial charge is 0.296 e. The van der Waals surface area contributed by atoms with Gasteiger partial charge in [-0.15, -0.1) is 0 Å². The summed E-state index contributed by atoms with van der Waals surface area (Å²) in [6, 6.07) is 0. The Balaban J connectivity index is 2.14. The van der Waals surface area contributed by atoms with Crippen LogP contribution in [0.4, 0.5) is 0 Å². The number of nitrogens with one attached hydrogen (secondary N) is 1. The minimum absolute atomic E-state index is 0.0104. The molecule has 0 aromatic rings. The average Bonchev–Trinajstić information content (AvgIpc) is 2.28. The first-order valence-corrected chi connectivity index (χ1v) is 5.59. The lowest BCUT2D eigenvalue weighted by Crippen LogP contribution is -2.44. The maximum atomic E-state index is 11.2. The standard InChI is InChI=1S/C9H13NO2S/c1-6-2-9(5-13-6)3-7(11)10-8(12)4-9/h6H,2-5H2,1H3,(H,10,11,12). The number of piperidine rings is 1. The van der Waals surface area contributed by atoms with E-state index in [1.54, 1.807) is 0 Å². The molecule has 1 spiro atoms. The quantitative estimate of drug-likeness (QED) is 0.590. The van der Waals surface area contributed by atoms with Crippen LogP contribution in [0.3, 0.4) is 0 Å². The van der Waals surface area contributed by atoms with Gasteiger partial charge in [0.05, 0.1) is 0 Å². The van der Waals surface area contributed by atoms with Gasteiger partial charge in [-0.25, -0.2) is 0 Å². The molecular weight excluding hydrogens is 186 g/mol. The first-order chi connectivity index (χ1) is 6.10. The van der Waals surface area contributed by atoms with Crippen molar-refractivity contribution in [3.63, 3.8) is 0 Å². The van der Waals surface area contributed by atoms with E-state index in [4.69, 9.17) is 0 Å². The molecule has 2 saturated heterocycles. The molecule has 0 aromatic heterocycles. The molecule has 0 aromatic carbocycles. The molecule has 2 amide bonds. The summed E-state index contributed by atoms with van der Waals surface area (Å²) >= 11 is 1.87. The SMILES string of the molecule is CC1CC2(CS1)CC(=O)NC(=O)C2. The van der Waals surface area contributed by atoms with E-state index in [9.17, 15) is 9.59 Å². The van der Waals surface area contributed by atoms with Crippen LogP contribution < -0.4 is 5.32 Å². The number of hydrogen-bond donors (Lipinski definition) is 1. The van der Waals surface area contributed by atoms with Crippen molar-refractivity contribution in [2.24, 2.45) is 5.41 Å². The van der Waals surface area contributed by atoms with Gasteiger partial charge in [0.15, 0.2) is 0 Å². The highest BCUT2D eigenvalue weighted by Crippen LogP contribution is 2.46. The van der Waals surface area contributed by atoms with Crippen LogP contribution in [0.25, 0.3) is 0 Å². The zero-order chi connectivity index (χ0) is 9.47. The molecule has 2 aliphatic rings. The predicted octanol–water partition coefficient (Wildman–Crippen LogP) is 0.935. The first-order valence-electron chi connectivity index (χ1n) is 4.54. The van der Waals surface area contributed by atoms with Crippen molar-refractivity contribution in [3.8, 4) is 0 Å². The number of imide groups is 1. The summed E-state index contributed by atoms with van der Waals surface area (Å²) in [7, 11) is 0. The van der Waals surface area contributed by atoms with E-state index in [1.807, 2.05) is 11.8 Å². The molecule has 0 saturated carbocycles. The molecule has 1 N–H and O–H groups in total. The van der Waals surface area contributed by atoms with Gasteiger partial charge < -0.3 is 0 Å². The molecule has 72 valence electrons. The number of hydrogen-bond acceptors (Lipinski definition) is 3. The van der Waals surface area contributed by atoms with Crippen LogP contribution >= 0.6 is 11.8 Å². The number of carbonyl (C=O) groups excluding carboxylic acids is 2. The molecule has 1 unspecified atom stereocenters. The van der Waals surface area contributed by atoms with E-state index in [-0.39, 0.29) is 17.2 Å². The van der Waals surface area contributed by atoms with Gasteiger partial charge in [0, 0.05) is 23.8 Å². The third kappa shape index (κ3) is 1.73. The van der Waals surface area contributed by atoms with E-state index < -0.39 is 0 Å². The molecule has 4 heteroatoms. The minimum atomic E-state index is -0.0917. The zero-order valence-electron chi connectivity index (χ0n) is 7.63. The summed E-state index contributed by atoms with van der Waals surface area (Å²) in [6.07, 6.45) is 2.09. The predicted molar refractivity (Wildman–Crippen MR) is 51.4 cm³/mol. The molecule has 2 heterocycles. The highest BCUT2D eigenvalue weighted by atomic mass is 32.2. The normalized spacial score (nSPS) is 32.2. The Labute approximate surface area is 81.6 Å². The Hall–Kier alpha value is -0.510. The van der Waals surface area contributed by atoms with Gasteiger partial charge in [-0.3, -0.25) is 14.9 Å². The van der Waals surface area contributed by atoms with Gasteiger partial charge in [-0.2, -0.15) is 11.8 Å². The molecule has 2 rings (SSSR count). The lowest BCUT2D eigenvalue weighted by molar-refractivity contribution is -0.137. The van der Waals surface area contributed by atoms with Gasteiger partial charge in [0.2, 0.25) is 11.8 Å². The summed E-state index contributed by atoms with van der Waals surface area (Å²) in [5, 5.41) is 2.95. The second-order valence-corrected chi connectivity index (χ2v) is 5.58. The molecule has 0 aliphatic carbocycles. The zero-order valence-corrected chi connectivity index (χ0v) is 8.45. The third-order valence-corrected chi connectivity index (χ3v) is 4.26. The van der Waals surface area contributed by atoms with Gasteiger partial charge in [-0.1, -0.05) is 6.92 Å². The maximum absolute atomic E-state index is 11.2. The van der Waals surface area contributed by atoms with Crippen LogP contribution in [0, 0.1) is 5.41 Å². The van der Waals surface area contributed by atoms with Gasteiger partial charge >= 0.3 is 0 Å². The lowest BCUT2D eigenvalue weighted by atomic mass is 9.77. The summed E-state index contributed by atoms with van der Waals surface area (Å²) in [5.41, 5.74) is -0.0104. The maximum Gasteiger partial charge on any atom is 0.227 e. The van der Waals surface area contributed by atoms with E-state index in [2.05, 4.69) is 12.2 Å². The third-order valence-electron chi connectivity index (χ3n) is 2.74. The molecule has 2 aliphatic heterocycles. The molecular formula is C9H13NO2S. The van der Waals surface area contributed by atoms with Crippen LogP contribution in [0.15, 0.2) is 0 Å². The second kappa shape index (κ2) is 3.01. The van der Waals surface area contributed by atoms with Crippen molar-refractivity contribution in [1.82, 2.24) is 5.32 Å². The van der Waals surface area contributed by atoms with Crippen LogP contribution in [-0.2, 0) is 9.59 Å². The summed E-state index contributed by atoms with van der Waals surface area (Å²) in [4.78, 5) is 22.4. The molecule has 0 bridgehead atoms. The molecule has 2 fully saturated rings. The summed E-state index contributed by atoms with van der Waals surface area (Å²) < 4.78 is 0. The van der Waals surface area contributed by atoms with Crippen molar-refractivity contribution in [2.75, 3.05) is 5.75 Å². The smallest absolute Gasteiger partial charge is 0.227 e. The van der Waals surface area contributed by atoms with Crippen molar-refractivity contribution in [2.45, 2.75) is 31.4 Å². The lowest BCUT2D eigenvalue weighted by Gasteiger charge is -2.30. The molecule has 3 nitrogen and oxygen atoms in total. The van der Waals surface area contributed by atoms with Crippen LogP contribution in [0.5, 0.6) is 0 Å². The Kier molecular flexibility index (Phi) is 2.10. The van der Waals surface area contributed by atoms with Crippen molar-refractivity contribution >= 4 is 23.6 Å². The van der Waals surface area contributed by atoms with E-state index in [1.165, 1.54) is 0 Å². The average molecular weight is 199 g/mol. The highest BCUT2D eigenvalue weighted by molar-refractivity contribution is 8.00. The molecule has 13 heavy (non-hydrogen) atoms. The minimum Gasteiger partial charge on any atom is -0.296 e. The van der Waals surface area contributed by atoms with Crippen molar-refractivity contribution in [3.05, 3.63) is 0 Å². The van der Waals surface area contributed by atoms with Crippen LogP contribution in [0.1, 0.15) is 26.2 Å². The topological polar surface area (TPSA) is 46.2 Å². The van der Waals surface area contributed by atoms with E-state index >= 15 is 0 Å². The van der Waals surface area contributed by atoms with Crippen LogP contribution in [0.2, 0.25) is 0 Å². The van der Waals surface area contributed by atoms with Crippen molar-refractivity contribution < 1.29 is 9.59 Å². The Morgan fingerprint density at radius 2 is 2.00 bits per heavy atom. The van der Waals surface area contributed by atoms with Gasteiger partial charge in [0.1, 0.15) is 0 Å². The van der Waals surface area contributed by atoms with Gasteiger partial charge in [-0.05, 0) is 11.8 Å². The van der Waals surface area contributed by atoms with Crippen molar-refractivity contribution in [1.29, 1.82) is 0 Å². The monoisotopic (exact) mass is 199 g/mol. The first kappa shape index (κ1) is 9.06. The number of amides is 2. The fraction of sp³-hybridized carbons (Fsp3) is 0.778. The van der Waals surface area contributed by atoms with E-state index in [0.29, 0.717) is 18.1 Å². The molecule has 0 radical (unpaired) electrons. The molecule has 1 atom stereocenters. The Bertz CT molecular complexity index is 248. The fourth-order valence-electron chi connectivity index (χ4n) is 2.28. The number of rotatable bonds is 0. The summed E-state index contributed by atoms with van der Waals surface area (Å²) in [6.45, 7) is 2.16. The number of carbonyl (C=O) groups is 2. The van der Waals surface area contributed by atoms with Gasteiger partial charge in [0.25, 0.3) is 0 Å². The second-order valence-electron chi connectivity index (χ2n) is 4.15. The Morgan fingerprint density at radius 3 is 2.46 bits per heavy atom. The number of thioether (sulfide) groups is 1. The van der Waals surface area contributed by atoms with Crippen LogP contribution in [-0.4, -0.2) is 22.8 Å². The Morgan fingerprint density at radius 1 is 1.38 bits per heavy atom. The summed E-state index contributed by atoms with van der Waals surface area (Å²) in [5.74, 6) is 0.782.